The van der Waals surface area contributed by atoms with Crippen molar-refractivity contribution >= 4 is 17.0 Å². The molecule has 1 aliphatic rings. The number of hydrogen-bond acceptors (Lipinski definition) is 5. The highest BCUT2D eigenvalue weighted by Gasteiger charge is 2.13. The highest BCUT2D eigenvalue weighted by Crippen LogP contribution is 2.32. The Morgan fingerprint density at radius 1 is 1.11 bits per heavy atom. The first-order chi connectivity index (χ1) is 13.2. The summed E-state index contributed by atoms with van der Waals surface area (Å²) >= 11 is 0. The van der Waals surface area contributed by atoms with Gasteiger partial charge in [0.15, 0.2) is 17.1 Å². The maximum atomic E-state index is 12.0. The number of carbonyl (C=O) groups is 1. The molecule has 1 aliphatic heterocycles. The fourth-order valence-electron chi connectivity index (χ4n) is 3.15. The molecule has 27 heavy (non-hydrogen) atoms. The van der Waals surface area contributed by atoms with Crippen LogP contribution in [0.3, 0.4) is 0 Å². The van der Waals surface area contributed by atoms with Crippen molar-refractivity contribution in [3.8, 4) is 11.5 Å². The molecule has 1 N–H and O–H groups in total. The number of aryl methyl sites for hydroxylation is 1. The fourth-order valence-corrected chi connectivity index (χ4v) is 3.15. The van der Waals surface area contributed by atoms with Crippen LogP contribution in [-0.2, 0) is 17.8 Å². The number of carbonyl (C=O) groups excluding carboxylic acids is 1. The predicted molar refractivity (Wildman–Crippen MR) is 99.0 cm³/mol. The van der Waals surface area contributed by atoms with Crippen LogP contribution in [0.15, 0.2) is 51.7 Å². The van der Waals surface area contributed by atoms with E-state index in [4.69, 9.17) is 13.9 Å². The standard InChI is InChI=1S/C20H20N2O5/c23-19(21-10-9-14-7-8-17-18(12-14)26-13-25-17)6-3-11-22-15-4-1-2-5-16(15)27-20(22)24/h1-2,4-5,7-8,12H,3,6,9-11,13H2,(H,21,23). The lowest BCUT2D eigenvalue weighted by Gasteiger charge is -2.06. The van der Waals surface area contributed by atoms with E-state index in [0.717, 1.165) is 22.6 Å². The number of hydrogen-bond donors (Lipinski definition) is 1. The molecule has 1 amide bonds. The summed E-state index contributed by atoms with van der Waals surface area (Å²) in [4.78, 5) is 23.9. The van der Waals surface area contributed by atoms with Crippen molar-refractivity contribution in [3.05, 3.63) is 58.6 Å². The van der Waals surface area contributed by atoms with Crippen molar-refractivity contribution in [1.29, 1.82) is 0 Å². The molecule has 1 aromatic heterocycles. The quantitative estimate of drug-likeness (QED) is 0.693. The number of amides is 1. The van der Waals surface area contributed by atoms with Crippen LogP contribution < -0.4 is 20.5 Å². The lowest BCUT2D eigenvalue weighted by atomic mass is 10.1. The highest BCUT2D eigenvalue weighted by atomic mass is 16.7. The average molecular weight is 368 g/mol. The van der Waals surface area contributed by atoms with Crippen LogP contribution in [0.2, 0.25) is 0 Å². The molecule has 4 rings (SSSR count). The summed E-state index contributed by atoms with van der Waals surface area (Å²) in [6.45, 7) is 1.25. The smallest absolute Gasteiger partial charge is 0.419 e. The molecular formula is C20H20N2O5. The van der Waals surface area contributed by atoms with Crippen molar-refractivity contribution in [1.82, 2.24) is 9.88 Å². The Labute approximate surface area is 155 Å². The molecule has 2 heterocycles. The zero-order valence-electron chi connectivity index (χ0n) is 14.8. The van der Waals surface area contributed by atoms with Crippen LogP contribution in [0.25, 0.3) is 11.1 Å². The maximum Gasteiger partial charge on any atom is 0.419 e. The normalized spacial score (nSPS) is 12.4. The third-order valence-corrected chi connectivity index (χ3v) is 4.53. The summed E-state index contributed by atoms with van der Waals surface area (Å²) < 4.78 is 17.4. The molecule has 0 radical (unpaired) electrons. The third kappa shape index (κ3) is 3.81. The number of aromatic nitrogens is 1. The van der Waals surface area contributed by atoms with Gasteiger partial charge in [-0.3, -0.25) is 9.36 Å². The molecule has 7 heteroatoms. The third-order valence-electron chi connectivity index (χ3n) is 4.53. The molecule has 7 nitrogen and oxygen atoms in total. The van der Waals surface area contributed by atoms with Gasteiger partial charge in [-0.15, -0.1) is 0 Å². The molecular weight excluding hydrogens is 348 g/mol. The van der Waals surface area contributed by atoms with Crippen molar-refractivity contribution < 1.29 is 18.7 Å². The number of rotatable bonds is 7. The number of benzene rings is 2. The maximum absolute atomic E-state index is 12.0. The number of para-hydroxylation sites is 2. The van der Waals surface area contributed by atoms with Gasteiger partial charge in [-0.1, -0.05) is 18.2 Å². The van der Waals surface area contributed by atoms with E-state index >= 15 is 0 Å². The first-order valence-electron chi connectivity index (χ1n) is 8.94. The van der Waals surface area contributed by atoms with Crippen molar-refractivity contribution in [2.24, 2.45) is 0 Å². The summed E-state index contributed by atoms with van der Waals surface area (Å²) in [6, 6.07) is 13.1. The second-order valence-electron chi connectivity index (χ2n) is 6.38. The number of nitrogens with one attached hydrogen (secondary N) is 1. The van der Waals surface area contributed by atoms with E-state index in [1.807, 2.05) is 36.4 Å². The Bertz CT molecular complexity index is 1020. The molecule has 0 unspecified atom stereocenters. The van der Waals surface area contributed by atoms with Crippen molar-refractivity contribution in [2.45, 2.75) is 25.8 Å². The minimum Gasteiger partial charge on any atom is -0.454 e. The van der Waals surface area contributed by atoms with Gasteiger partial charge in [0.25, 0.3) is 0 Å². The fraction of sp³-hybridized carbons (Fsp3) is 0.300. The Kier molecular flexibility index (Phi) is 4.82. The van der Waals surface area contributed by atoms with E-state index in [1.54, 1.807) is 10.6 Å². The number of ether oxygens (including phenoxy) is 2. The summed E-state index contributed by atoms with van der Waals surface area (Å²) in [5.41, 5.74) is 2.40. The predicted octanol–water partition coefficient (Wildman–Crippen LogP) is 2.46. The average Bonchev–Trinajstić information content (AvgIpc) is 3.25. The Morgan fingerprint density at radius 2 is 1.96 bits per heavy atom. The summed E-state index contributed by atoms with van der Waals surface area (Å²) in [6.07, 6.45) is 1.64. The molecule has 0 fully saturated rings. The summed E-state index contributed by atoms with van der Waals surface area (Å²) in [7, 11) is 0. The van der Waals surface area contributed by atoms with Crippen LogP contribution in [0.1, 0.15) is 18.4 Å². The van der Waals surface area contributed by atoms with Crippen LogP contribution in [-0.4, -0.2) is 23.8 Å². The van der Waals surface area contributed by atoms with E-state index in [0.29, 0.717) is 37.9 Å². The van der Waals surface area contributed by atoms with Crippen molar-refractivity contribution in [3.63, 3.8) is 0 Å². The lowest BCUT2D eigenvalue weighted by molar-refractivity contribution is -0.121. The minimum atomic E-state index is -0.389. The van der Waals surface area contributed by atoms with Gasteiger partial charge < -0.3 is 19.2 Å². The van der Waals surface area contributed by atoms with Crippen LogP contribution in [0, 0.1) is 0 Å². The van der Waals surface area contributed by atoms with Gasteiger partial charge in [0.2, 0.25) is 12.7 Å². The second kappa shape index (κ2) is 7.57. The Morgan fingerprint density at radius 3 is 2.89 bits per heavy atom. The summed E-state index contributed by atoms with van der Waals surface area (Å²) in [5, 5.41) is 2.91. The van der Waals surface area contributed by atoms with E-state index in [-0.39, 0.29) is 18.5 Å². The van der Waals surface area contributed by atoms with E-state index in [2.05, 4.69) is 5.32 Å². The summed E-state index contributed by atoms with van der Waals surface area (Å²) in [5.74, 6) is 1.08. The van der Waals surface area contributed by atoms with Crippen LogP contribution in [0.4, 0.5) is 0 Å². The Balaban J connectivity index is 1.23. The second-order valence-corrected chi connectivity index (χ2v) is 6.38. The molecule has 0 aliphatic carbocycles. The molecule has 0 atom stereocenters. The van der Waals surface area contributed by atoms with E-state index < -0.39 is 0 Å². The van der Waals surface area contributed by atoms with Gasteiger partial charge >= 0.3 is 5.76 Å². The van der Waals surface area contributed by atoms with Crippen molar-refractivity contribution in [2.75, 3.05) is 13.3 Å². The van der Waals surface area contributed by atoms with Gasteiger partial charge in [-0.2, -0.15) is 0 Å². The van der Waals surface area contributed by atoms with Gasteiger partial charge in [0.1, 0.15) is 0 Å². The lowest BCUT2D eigenvalue weighted by Crippen LogP contribution is -2.26. The first-order valence-corrected chi connectivity index (χ1v) is 8.94. The minimum absolute atomic E-state index is 0.0309. The molecule has 0 saturated heterocycles. The topological polar surface area (TPSA) is 82.7 Å². The molecule has 0 bridgehead atoms. The van der Waals surface area contributed by atoms with E-state index in [1.165, 1.54) is 0 Å². The van der Waals surface area contributed by atoms with Gasteiger partial charge in [-0.25, -0.2) is 4.79 Å². The number of fused-ring (bicyclic) bond motifs is 2. The number of nitrogens with zero attached hydrogens (tertiary/aromatic N) is 1. The molecule has 140 valence electrons. The molecule has 3 aromatic rings. The Hall–Kier alpha value is -3.22. The highest BCUT2D eigenvalue weighted by molar-refractivity contribution is 5.76. The number of oxazole rings is 1. The molecule has 0 saturated carbocycles. The molecule has 2 aromatic carbocycles. The van der Waals surface area contributed by atoms with Gasteiger partial charge in [-0.05, 0) is 42.7 Å². The molecule has 0 spiro atoms. The SMILES string of the molecule is O=C(CCCn1c(=O)oc2ccccc21)NCCc1ccc2c(c1)OCO2. The van der Waals surface area contributed by atoms with Gasteiger partial charge in [0, 0.05) is 19.5 Å². The van der Waals surface area contributed by atoms with Gasteiger partial charge in [0.05, 0.1) is 5.52 Å². The largest absolute Gasteiger partial charge is 0.454 e. The zero-order chi connectivity index (χ0) is 18.6. The monoisotopic (exact) mass is 368 g/mol. The zero-order valence-corrected chi connectivity index (χ0v) is 14.8. The first kappa shape index (κ1) is 17.2. The van der Waals surface area contributed by atoms with E-state index in [9.17, 15) is 9.59 Å². The van der Waals surface area contributed by atoms with Crippen LogP contribution in [0.5, 0.6) is 11.5 Å². The van der Waals surface area contributed by atoms with Crippen LogP contribution >= 0.6 is 0 Å².